The third-order valence-corrected chi connectivity index (χ3v) is 18.7. The quantitative estimate of drug-likeness (QED) is 0.0279. The molecule has 102 heavy (non-hydrogen) atoms. The number of nitrogens with one attached hydrogen (secondary N) is 5. The second kappa shape index (κ2) is 52.7. The van der Waals surface area contributed by atoms with Gasteiger partial charge in [-0.3, -0.25) is 38.1 Å². The molecule has 8 unspecified atom stereocenters. The van der Waals surface area contributed by atoms with Crippen molar-refractivity contribution in [2.45, 2.75) is 299 Å². The number of aliphatic hydroxyl groups is 10. The largest absolute Gasteiger partial charge is 0.394 e. The lowest BCUT2D eigenvalue weighted by Crippen LogP contribution is -2.64. The molecule has 0 aromatic carbocycles. The van der Waals surface area contributed by atoms with E-state index >= 15 is 0 Å². The zero-order valence-electron chi connectivity index (χ0n) is 60.6. The first-order valence-corrected chi connectivity index (χ1v) is 39.0. The van der Waals surface area contributed by atoms with Crippen molar-refractivity contribution in [1.29, 1.82) is 0 Å². The van der Waals surface area contributed by atoms with Crippen molar-refractivity contribution in [2.75, 3.05) is 92.2 Å². The number of carbonyl (C=O) groups excluding carboxylic acids is 7. The number of hydrogen-bond acceptors (Lipinski definition) is 25. The third kappa shape index (κ3) is 37.4. The van der Waals surface area contributed by atoms with Crippen LogP contribution in [0.2, 0.25) is 0 Å². The molecule has 3 aliphatic heterocycles. The van der Waals surface area contributed by atoms with Gasteiger partial charge in [-0.2, -0.15) is 0 Å². The highest BCUT2D eigenvalue weighted by Gasteiger charge is 2.48. The number of unbranched alkanes of at least 4 members (excludes halogenated alkanes) is 19. The maximum Gasteiger partial charge on any atom is 0.325 e. The van der Waals surface area contributed by atoms with E-state index in [4.69, 9.17) is 32.9 Å². The molecular weight excluding hydrogens is 1360 g/mol. The predicted octanol–water partition coefficient (Wildman–Crippen LogP) is -0.128. The maximum atomic E-state index is 13.9. The van der Waals surface area contributed by atoms with Gasteiger partial charge >= 0.3 is 7.60 Å². The second-order valence-electron chi connectivity index (χ2n) is 27.0. The van der Waals surface area contributed by atoms with Crippen molar-refractivity contribution in [3.8, 4) is 0 Å². The van der Waals surface area contributed by atoms with Crippen molar-refractivity contribution in [1.82, 2.24) is 36.4 Å². The summed E-state index contributed by atoms with van der Waals surface area (Å²) in [5.41, 5.74) is 0. The van der Waals surface area contributed by atoms with Gasteiger partial charge in [0.05, 0.1) is 26.4 Å². The van der Waals surface area contributed by atoms with E-state index in [2.05, 4.69) is 26.6 Å². The molecule has 3 rings (SSSR count). The van der Waals surface area contributed by atoms with Crippen LogP contribution >= 0.6 is 7.60 Å². The molecule has 34 heteroatoms. The molecule has 3 fully saturated rings. The molecule has 0 bridgehead atoms. The van der Waals surface area contributed by atoms with Gasteiger partial charge in [-0.1, -0.05) is 96.3 Å². The Morgan fingerprint density at radius 2 is 0.716 bits per heavy atom. The Balaban J connectivity index is 1.44. The summed E-state index contributed by atoms with van der Waals surface area (Å²) in [4.78, 5) is 101. The smallest absolute Gasteiger partial charge is 0.325 e. The van der Waals surface area contributed by atoms with Crippen molar-refractivity contribution in [3.05, 3.63) is 0 Å². The minimum atomic E-state index is -4.02. The minimum absolute atomic E-state index is 0.0572. The standard InChI is InChI=1S/C68H126N7O26P/c1-46(79)71-56-62(89)59(86)50(42-76)99-66(56)95-39-25-17-11-5-8-14-20-30-53(83)69-33-28-37-74(55(85)32-22-16-10-7-13-19-27-41-97-68-58(73-48(3)81)64(91)61(88)52(44-78)101-68)35-23-24-36-75(65(92)49(82)45-98-102(4,93)94)38-29-34-70-54(84)31-21-15-9-6-12-18-26-40-96-67-57(72-47(2)80)63(90)60(87)51(43-77)100-67/h49-52,56-64,66-68,76-78,82,86-91H,5-45H2,1-4H3,(H,69,83)(H,70,84)(H,71,79)(H,72,80)(H,73,81)(H,93,94)/t49?,50?,51?,52?,56?,57?,58?,59-,60-,61-,62+,63+,64+,66+,67+,68+/m0/s1. The molecule has 3 heterocycles. The molecule has 17 atom stereocenters. The molecular formula is C68H126N7O26P. The number of nitrogens with zero attached hydrogens (tertiary/aromatic N) is 2. The van der Waals surface area contributed by atoms with Crippen molar-refractivity contribution < 1.29 is 127 Å². The summed E-state index contributed by atoms with van der Waals surface area (Å²) in [6, 6.07) is -3.02. The van der Waals surface area contributed by atoms with E-state index in [1.165, 1.54) is 25.7 Å². The Morgan fingerprint density at radius 1 is 0.422 bits per heavy atom. The van der Waals surface area contributed by atoms with Crippen LogP contribution in [0.5, 0.6) is 0 Å². The van der Waals surface area contributed by atoms with Crippen molar-refractivity contribution in [3.63, 3.8) is 0 Å². The zero-order valence-corrected chi connectivity index (χ0v) is 61.5. The first-order chi connectivity index (χ1) is 48.7. The van der Waals surface area contributed by atoms with E-state index in [0.717, 1.165) is 103 Å². The lowest BCUT2D eigenvalue weighted by atomic mass is 9.97. The van der Waals surface area contributed by atoms with Crippen LogP contribution in [-0.4, -0.2) is 297 Å². The number of ether oxygens (including phenoxy) is 6. The number of aliphatic hydroxyl groups excluding tert-OH is 10. The van der Waals surface area contributed by atoms with Gasteiger partial charge in [-0.05, 0) is 64.2 Å². The SMILES string of the molecule is CC(=O)NC1[C@H](OCCCCCCCCCC(=O)NCCCN(CCCCN(CCCNC(=O)CCCCCCCCCO[C@@H]2OC(CO)[C@H](O)[C@H](O)C2NC(C)=O)C(=O)C(O)COP(C)(=O)O)C(=O)CCCCCCCCCO[C@@H]2OC(CO)[C@H](O)[C@H](O)C2NC(C)=O)OC(CO)[C@H](O)[C@@H]1O. The molecule has 0 spiro atoms. The molecule has 594 valence electrons. The molecule has 33 nitrogen and oxygen atoms in total. The second-order valence-corrected chi connectivity index (χ2v) is 28.9. The van der Waals surface area contributed by atoms with E-state index in [1.807, 2.05) is 0 Å². The molecule has 0 aromatic rings. The van der Waals surface area contributed by atoms with E-state index in [0.29, 0.717) is 103 Å². The van der Waals surface area contributed by atoms with Gasteiger partial charge in [0, 0.05) is 106 Å². The van der Waals surface area contributed by atoms with Gasteiger partial charge in [0.1, 0.15) is 73.1 Å². The van der Waals surface area contributed by atoms with Gasteiger partial charge < -0.3 is 125 Å². The van der Waals surface area contributed by atoms with Gasteiger partial charge in [0.25, 0.3) is 5.91 Å². The van der Waals surface area contributed by atoms with E-state index < -0.39 is 156 Å². The predicted molar refractivity (Wildman–Crippen MR) is 370 cm³/mol. The lowest BCUT2D eigenvalue weighted by molar-refractivity contribution is -0.270. The summed E-state index contributed by atoms with van der Waals surface area (Å²) in [7, 11) is -4.02. The fraction of sp³-hybridized carbons (Fsp3) is 0.897. The fourth-order valence-corrected chi connectivity index (χ4v) is 12.8. The number of carbonyl (C=O) groups is 7. The van der Waals surface area contributed by atoms with Crippen LogP contribution in [-0.2, 0) is 71.1 Å². The molecule has 0 saturated carbocycles. The molecule has 3 aliphatic rings. The molecule has 0 radical (unpaired) electrons. The Kier molecular flexibility index (Phi) is 47.6. The van der Waals surface area contributed by atoms with Gasteiger partial charge in [-0.25, -0.2) is 0 Å². The Morgan fingerprint density at radius 3 is 1.04 bits per heavy atom. The molecule has 0 aliphatic carbocycles. The fourth-order valence-electron chi connectivity index (χ4n) is 12.4. The average Bonchev–Trinajstić information content (AvgIpc) is 0.823. The highest BCUT2D eigenvalue weighted by atomic mass is 31.2. The topological polar surface area (TPSA) is 490 Å². The van der Waals surface area contributed by atoms with Crippen LogP contribution in [0.1, 0.15) is 201 Å². The van der Waals surface area contributed by atoms with Crippen LogP contribution in [0.3, 0.4) is 0 Å². The normalized spacial score (nSPS) is 25.9. The van der Waals surface area contributed by atoms with Crippen LogP contribution in [0.4, 0.5) is 0 Å². The monoisotopic (exact) mass is 1490 g/mol. The van der Waals surface area contributed by atoms with Gasteiger partial charge in [0.15, 0.2) is 25.0 Å². The Labute approximate surface area is 601 Å². The van der Waals surface area contributed by atoms with E-state index in [9.17, 15) is 94.1 Å². The molecule has 3 saturated heterocycles. The first kappa shape index (κ1) is 92.0. The third-order valence-electron chi connectivity index (χ3n) is 18.1. The zero-order chi connectivity index (χ0) is 75.4. The van der Waals surface area contributed by atoms with E-state index in [-0.39, 0.29) is 57.2 Å². The number of hydrogen-bond donors (Lipinski definition) is 16. The molecule has 16 N–H and O–H groups in total. The highest BCUT2D eigenvalue weighted by Crippen LogP contribution is 2.36. The Hall–Kier alpha value is -4.20. The van der Waals surface area contributed by atoms with Crippen LogP contribution in [0.15, 0.2) is 0 Å². The van der Waals surface area contributed by atoms with Crippen LogP contribution in [0, 0.1) is 0 Å². The summed E-state index contributed by atoms with van der Waals surface area (Å²) in [6.45, 7) is 4.86. The van der Waals surface area contributed by atoms with Gasteiger partial charge in [-0.15, -0.1) is 0 Å². The molecule has 0 aromatic heterocycles. The van der Waals surface area contributed by atoms with E-state index in [1.54, 1.807) is 4.90 Å². The highest BCUT2D eigenvalue weighted by molar-refractivity contribution is 7.51. The van der Waals surface area contributed by atoms with Crippen molar-refractivity contribution in [2.24, 2.45) is 0 Å². The summed E-state index contributed by atoms with van der Waals surface area (Å²) >= 11 is 0. The first-order valence-electron chi connectivity index (χ1n) is 37.0. The summed E-state index contributed by atoms with van der Waals surface area (Å²) in [6.07, 6.45) is 3.40. The molecule has 7 amide bonds. The Bertz CT molecular complexity index is 2410. The number of rotatable bonds is 56. The summed E-state index contributed by atoms with van der Waals surface area (Å²) in [5, 5.41) is 115. The summed E-state index contributed by atoms with van der Waals surface area (Å²) in [5.74, 6) is -2.33. The average molecular weight is 1490 g/mol. The van der Waals surface area contributed by atoms with Crippen LogP contribution in [0.25, 0.3) is 0 Å². The van der Waals surface area contributed by atoms with Crippen molar-refractivity contribution >= 4 is 48.9 Å². The van der Waals surface area contributed by atoms with Gasteiger partial charge in [0.2, 0.25) is 35.4 Å². The summed E-state index contributed by atoms with van der Waals surface area (Å²) < 4.78 is 51.0. The number of amides is 7. The lowest BCUT2D eigenvalue weighted by Gasteiger charge is -2.42. The maximum absolute atomic E-state index is 13.9. The van der Waals surface area contributed by atoms with Crippen LogP contribution < -0.4 is 26.6 Å². The minimum Gasteiger partial charge on any atom is -0.394 e.